The quantitative estimate of drug-likeness (QED) is 0.842. The Morgan fingerprint density at radius 2 is 1.89 bits per heavy atom. The zero-order chi connectivity index (χ0) is 13.9. The van der Waals surface area contributed by atoms with Crippen LogP contribution in [0, 0.1) is 6.92 Å². The van der Waals surface area contributed by atoms with Gasteiger partial charge < -0.3 is 5.32 Å². The largest absolute Gasteiger partial charge is 0.314 e. The molecule has 1 aromatic carbocycles. The molecule has 1 aliphatic rings. The molecule has 2 rings (SSSR count). The van der Waals surface area contributed by atoms with Gasteiger partial charge in [0.05, 0.1) is 0 Å². The SMILES string of the molecule is Cc1ccc(C(=O)C(C)(F)CN2CCNCC2)cc1. The van der Waals surface area contributed by atoms with Crippen LogP contribution in [0.3, 0.4) is 0 Å². The predicted molar refractivity (Wildman–Crippen MR) is 74.3 cm³/mol. The Balaban J connectivity index is 2.05. The van der Waals surface area contributed by atoms with E-state index >= 15 is 0 Å². The van der Waals surface area contributed by atoms with Crippen molar-refractivity contribution >= 4 is 5.78 Å². The van der Waals surface area contributed by atoms with Crippen LogP contribution in [-0.4, -0.2) is 49.1 Å². The molecule has 1 unspecified atom stereocenters. The number of aryl methyl sites for hydroxylation is 1. The van der Waals surface area contributed by atoms with E-state index in [1.165, 1.54) is 6.92 Å². The van der Waals surface area contributed by atoms with Crippen LogP contribution in [-0.2, 0) is 0 Å². The van der Waals surface area contributed by atoms with Crippen LogP contribution in [0.1, 0.15) is 22.8 Å². The van der Waals surface area contributed by atoms with Crippen molar-refractivity contribution in [3.05, 3.63) is 35.4 Å². The molecule has 1 heterocycles. The first-order valence-corrected chi connectivity index (χ1v) is 6.72. The summed E-state index contributed by atoms with van der Waals surface area (Å²) in [7, 11) is 0. The zero-order valence-corrected chi connectivity index (χ0v) is 11.6. The lowest BCUT2D eigenvalue weighted by molar-refractivity contribution is 0.0586. The highest BCUT2D eigenvalue weighted by Crippen LogP contribution is 2.20. The van der Waals surface area contributed by atoms with Crippen molar-refractivity contribution in [3.63, 3.8) is 0 Å². The molecule has 0 aliphatic carbocycles. The van der Waals surface area contributed by atoms with Gasteiger partial charge in [-0.1, -0.05) is 29.8 Å². The molecule has 1 saturated heterocycles. The van der Waals surface area contributed by atoms with Crippen LogP contribution in [0.4, 0.5) is 4.39 Å². The van der Waals surface area contributed by atoms with Crippen LogP contribution < -0.4 is 5.32 Å². The van der Waals surface area contributed by atoms with Gasteiger partial charge in [0, 0.05) is 38.3 Å². The van der Waals surface area contributed by atoms with E-state index in [1.807, 2.05) is 24.0 Å². The van der Waals surface area contributed by atoms with E-state index < -0.39 is 11.5 Å². The molecule has 0 aromatic heterocycles. The maximum absolute atomic E-state index is 14.6. The molecule has 1 aliphatic heterocycles. The van der Waals surface area contributed by atoms with Crippen molar-refractivity contribution < 1.29 is 9.18 Å². The van der Waals surface area contributed by atoms with Gasteiger partial charge in [0.1, 0.15) is 0 Å². The summed E-state index contributed by atoms with van der Waals surface area (Å²) in [5.74, 6) is -0.425. The van der Waals surface area contributed by atoms with Crippen LogP contribution in [0.2, 0.25) is 0 Å². The third kappa shape index (κ3) is 3.61. The minimum atomic E-state index is -1.83. The van der Waals surface area contributed by atoms with Gasteiger partial charge in [0.15, 0.2) is 5.67 Å². The van der Waals surface area contributed by atoms with E-state index in [1.54, 1.807) is 12.1 Å². The summed E-state index contributed by atoms with van der Waals surface area (Å²) in [4.78, 5) is 14.2. The standard InChI is InChI=1S/C15H21FN2O/c1-12-3-5-13(6-4-12)14(19)15(2,16)11-18-9-7-17-8-10-18/h3-6,17H,7-11H2,1-2H3. The van der Waals surface area contributed by atoms with Gasteiger partial charge in [-0.15, -0.1) is 0 Å². The Hall–Kier alpha value is -1.26. The summed E-state index contributed by atoms with van der Waals surface area (Å²) in [6, 6.07) is 7.09. The second-order valence-corrected chi connectivity index (χ2v) is 5.42. The first-order chi connectivity index (χ1) is 8.99. The van der Waals surface area contributed by atoms with Crippen molar-refractivity contribution in [2.24, 2.45) is 0 Å². The van der Waals surface area contributed by atoms with Crippen molar-refractivity contribution in [2.75, 3.05) is 32.7 Å². The third-order valence-corrected chi connectivity index (χ3v) is 3.52. The van der Waals surface area contributed by atoms with Crippen molar-refractivity contribution in [1.29, 1.82) is 0 Å². The van der Waals surface area contributed by atoms with Crippen LogP contribution in [0.5, 0.6) is 0 Å². The average Bonchev–Trinajstić information content (AvgIpc) is 2.39. The summed E-state index contributed by atoms with van der Waals surface area (Å²) in [6.45, 7) is 6.80. The van der Waals surface area contributed by atoms with E-state index in [0.717, 1.165) is 31.7 Å². The molecule has 19 heavy (non-hydrogen) atoms. The minimum absolute atomic E-state index is 0.168. The van der Waals surface area contributed by atoms with Gasteiger partial charge >= 0.3 is 0 Å². The Bertz CT molecular complexity index is 436. The molecular formula is C15H21FN2O. The van der Waals surface area contributed by atoms with Crippen LogP contribution in [0.15, 0.2) is 24.3 Å². The molecule has 0 amide bonds. The molecule has 4 heteroatoms. The number of benzene rings is 1. The molecule has 0 spiro atoms. The smallest absolute Gasteiger partial charge is 0.201 e. The fourth-order valence-electron chi connectivity index (χ4n) is 2.37. The number of nitrogens with one attached hydrogen (secondary N) is 1. The number of hydrogen-bond donors (Lipinski definition) is 1. The van der Waals surface area contributed by atoms with Gasteiger partial charge in [0.2, 0.25) is 5.78 Å². The fourth-order valence-corrected chi connectivity index (χ4v) is 2.37. The van der Waals surface area contributed by atoms with Crippen molar-refractivity contribution in [3.8, 4) is 0 Å². The maximum Gasteiger partial charge on any atom is 0.201 e. The normalized spacial score (nSPS) is 19.9. The summed E-state index contributed by atoms with van der Waals surface area (Å²) in [6.07, 6.45) is 0. The maximum atomic E-state index is 14.6. The Morgan fingerprint density at radius 1 is 1.32 bits per heavy atom. The number of alkyl halides is 1. The fraction of sp³-hybridized carbons (Fsp3) is 0.533. The average molecular weight is 264 g/mol. The predicted octanol–water partition coefficient (Wildman–Crippen LogP) is 1.81. The zero-order valence-electron chi connectivity index (χ0n) is 11.6. The molecule has 1 aromatic rings. The topological polar surface area (TPSA) is 32.3 Å². The van der Waals surface area contributed by atoms with Gasteiger partial charge in [-0.05, 0) is 13.8 Å². The molecule has 1 fully saturated rings. The van der Waals surface area contributed by atoms with Crippen molar-refractivity contribution in [2.45, 2.75) is 19.5 Å². The van der Waals surface area contributed by atoms with E-state index in [-0.39, 0.29) is 6.54 Å². The van der Waals surface area contributed by atoms with Gasteiger partial charge in [-0.2, -0.15) is 0 Å². The molecule has 0 bridgehead atoms. The van der Waals surface area contributed by atoms with E-state index in [0.29, 0.717) is 5.56 Å². The highest BCUT2D eigenvalue weighted by atomic mass is 19.1. The number of piperazine rings is 1. The Morgan fingerprint density at radius 3 is 2.47 bits per heavy atom. The monoisotopic (exact) mass is 264 g/mol. The molecular weight excluding hydrogens is 243 g/mol. The number of carbonyl (C=O) groups excluding carboxylic acids is 1. The van der Waals surface area contributed by atoms with E-state index in [9.17, 15) is 9.18 Å². The number of Topliss-reactive ketones (excluding diaryl/α,β-unsaturated/α-hetero) is 1. The minimum Gasteiger partial charge on any atom is -0.314 e. The molecule has 0 radical (unpaired) electrons. The summed E-state index contributed by atoms with van der Waals surface area (Å²) >= 11 is 0. The first kappa shape index (κ1) is 14.2. The number of carbonyl (C=O) groups is 1. The molecule has 104 valence electrons. The lowest BCUT2D eigenvalue weighted by Gasteiger charge is -2.32. The van der Waals surface area contributed by atoms with Crippen molar-refractivity contribution in [1.82, 2.24) is 10.2 Å². The number of nitrogens with zero attached hydrogens (tertiary/aromatic N) is 1. The molecule has 3 nitrogen and oxygen atoms in total. The number of hydrogen-bond acceptors (Lipinski definition) is 3. The second-order valence-electron chi connectivity index (χ2n) is 5.42. The molecule has 1 N–H and O–H groups in total. The number of rotatable bonds is 4. The summed E-state index contributed by atoms with van der Waals surface area (Å²) in [5.41, 5.74) is -0.308. The highest BCUT2D eigenvalue weighted by molar-refractivity contribution is 6.02. The Kier molecular flexibility index (Phi) is 4.32. The molecule has 1 atom stereocenters. The van der Waals surface area contributed by atoms with E-state index in [2.05, 4.69) is 5.32 Å². The first-order valence-electron chi connectivity index (χ1n) is 6.72. The summed E-state index contributed by atoms with van der Waals surface area (Å²) in [5, 5.41) is 3.22. The number of halogens is 1. The van der Waals surface area contributed by atoms with Gasteiger partial charge in [0.25, 0.3) is 0 Å². The second kappa shape index (κ2) is 5.80. The number of ketones is 1. The molecule has 0 saturated carbocycles. The van der Waals surface area contributed by atoms with Crippen LogP contribution in [0.25, 0.3) is 0 Å². The third-order valence-electron chi connectivity index (χ3n) is 3.52. The Labute approximate surface area is 113 Å². The van der Waals surface area contributed by atoms with E-state index in [4.69, 9.17) is 0 Å². The van der Waals surface area contributed by atoms with Gasteiger partial charge in [-0.3, -0.25) is 9.69 Å². The van der Waals surface area contributed by atoms with Gasteiger partial charge in [-0.25, -0.2) is 4.39 Å². The lowest BCUT2D eigenvalue weighted by Crippen LogP contribution is -2.50. The highest BCUT2D eigenvalue weighted by Gasteiger charge is 2.35. The van der Waals surface area contributed by atoms with Crippen LogP contribution >= 0.6 is 0 Å². The summed E-state index contributed by atoms with van der Waals surface area (Å²) < 4.78 is 14.6. The lowest BCUT2D eigenvalue weighted by atomic mass is 9.95.